The van der Waals surface area contributed by atoms with Crippen molar-refractivity contribution in [1.82, 2.24) is 5.32 Å². The second kappa shape index (κ2) is 12.9. The summed E-state index contributed by atoms with van der Waals surface area (Å²) in [4.78, 5) is 25.7. The summed E-state index contributed by atoms with van der Waals surface area (Å²) in [5.74, 6) is 0.532. The zero-order valence-corrected chi connectivity index (χ0v) is 22.4. The number of rotatable bonds is 11. The summed E-state index contributed by atoms with van der Waals surface area (Å²) in [7, 11) is 0. The van der Waals surface area contributed by atoms with Gasteiger partial charge in [0.05, 0.1) is 6.54 Å². The molecule has 0 heterocycles. The third-order valence-electron chi connectivity index (χ3n) is 7.85. The molecule has 2 atom stereocenters. The first-order valence-corrected chi connectivity index (χ1v) is 13.9. The van der Waals surface area contributed by atoms with Gasteiger partial charge in [-0.25, -0.2) is 8.78 Å². The zero-order chi connectivity index (χ0) is 27.9. The number of hydrogen-bond donors (Lipinski definition) is 1. The van der Waals surface area contributed by atoms with Crippen molar-refractivity contribution in [2.45, 2.75) is 32.1 Å². The van der Waals surface area contributed by atoms with E-state index in [4.69, 9.17) is 0 Å². The molecular weight excluding hydrogens is 504 g/mol. The van der Waals surface area contributed by atoms with Crippen LogP contribution in [0.1, 0.15) is 52.8 Å². The van der Waals surface area contributed by atoms with Crippen molar-refractivity contribution in [3.8, 4) is 22.3 Å². The molecule has 5 rings (SSSR count). The highest BCUT2D eigenvalue weighted by Gasteiger charge is 2.25. The minimum Gasteiger partial charge on any atom is -0.309 e. The predicted molar refractivity (Wildman–Crippen MR) is 155 cm³/mol. The summed E-state index contributed by atoms with van der Waals surface area (Å²) in [5.41, 5.74) is 4.61. The van der Waals surface area contributed by atoms with Gasteiger partial charge >= 0.3 is 0 Å². The van der Waals surface area contributed by atoms with Gasteiger partial charge in [-0.15, -0.1) is 0 Å². The van der Waals surface area contributed by atoms with Gasteiger partial charge < -0.3 is 5.32 Å². The average molecular weight is 538 g/mol. The third kappa shape index (κ3) is 7.16. The van der Waals surface area contributed by atoms with E-state index >= 15 is 0 Å². The molecule has 0 radical (unpaired) electrons. The van der Waals surface area contributed by atoms with Gasteiger partial charge in [-0.2, -0.15) is 0 Å². The fourth-order valence-electron chi connectivity index (χ4n) is 5.63. The van der Waals surface area contributed by atoms with E-state index in [-0.39, 0.29) is 23.2 Å². The average Bonchev–Trinajstić information content (AvgIpc) is 3.44. The first-order chi connectivity index (χ1) is 19.4. The molecule has 1 aliphatic rings. The molecule has 1 N–H and O–H groups in total. The Balaban J connectivity index is 1.20. The van der Waals surface area contributed by atoms with Crippen LogP contribution in [0, 0.1) is 23.5 Å². The highest BCUT2D eigenvalue weighted by atomic mass is 19.1. The molecule has 0 aliphatic heterocycles. The number of carbonyl (C=O) groups excluding carboxylic acids is 2. The van der Waals surface area contributed by atoms with Crippen LogP contribution >= 0.6 is 0 Å². The molecule has 0 unspecified atom stereocenters. The predicted octanol–water partition coefficient (Wildman–Crippen LogP) is 8.15. The maximum Gasteiger partial charge on any atom is 0.176 e. The molecule has 1 saturated carbocycles. The number of benzene rings is 4. The highest BCUT2D eigenvalue weighted by Crippen LogP contribution is 2.35. The molecular formula is C35H33F2NO2. The Labute approximate surface area is 234 Å². The van der Waals surface area contributed by atoms with Crippen LogP contribution in [0.5, 0.6) is 0 Å². The number of carbonyl (C=O) groups is 2. The van der Waals surface area contributed by atoms with Crippen LogP contribution in [0.25, 0.3) is 22.3 Å². The molecule has 4 aromatic carbocycles. The van der Waals surface area contributed by atoms with Crippen molar-refractivity contribution in [2.24, 2.45) is 11.8 Å². The summed E-state index contributed by atoms with van der Waals surface area (Å²) < 4.78 is 27.1. The molecule has 40 heavy (non-hydrogen) atoms. The number of nitrogens with one attached hydrogen (secondary N) is 1. The molecule has 0 spiro atoms. The standard InChI is InChI=1S/C35H33F2NO2/c36-32-13-9-26(10-14-32)29-19-30(27-11-15-33(37)16-12-27)21-31(20-29)34(39)17-8-24-6-7-25(18-24)22-38-23-35(40)28-4-2-1-3-5-28/h1-5,9-16,19-21,24-25,38H,6-8,17-18,22-23H2/t24-,25+/m1/s1. The quantitative estimate of drug-likeness (QED) is 0.196. The van der Waals surface area contributed by atoms with E-state index < -0.39 is 0 Å². The van der Waals surface area contributed by atoms with E-state index in [0.717, 1.165) is 60.0 Å². The summed E-state index contributed by atoms with van der Waals surface area (Å²) in [6.07, 6.45) is 4.51. The highest BCUT2D eigenvalue weighted by molar-refractivity contribution is 5.99. The Bertz CT molecular complexity index is 1390. The van der Waals surface area contributed by atoms with Crippen molar-refractivity contribution >= 4 is 11.6 Å². The molecule has 204 valence electrons. The minimum atomic E-state index is -0.317. The summed E-state index contributed by atoms with van der Waals surface area (Å²) in [5, 5.41) is 3.32. The number of hydrogen-bond acceptors (Lipinski definition) is 3. The van der Waals surface area contributed by atoms with Gasteiger partial charge in [-0.1, -0.05) is 61.0 Å². The summed E-state index contributed by atoms with van der Waals surface area (Å²) >= 11 is 0. The van der Waals surface area contributed by atoms with Crippen molar-refractivity contribution in [3.63, 3.8) is 0 Å². The van der Waals surface area contributed by atoms with Crippen LogP contribution in [-0.4, -0.2) is 24.7 Å². The fourth-order valence-corrected chi connectivity index (χ4v) is 5.63. The second-order valence-electron chi connectivity index (χ2n) is 10.7. The van der Waals surface area contributed by atoms with Crippen molar-refractivity contribution in [3.05, 3.63) is 120 Å². The van der Waals surface area contributed by atoms with E-state index in [0.29, 0.717) is 30.4 Å². The number of halogens is 2. The molecule has 0 saturated heterocycles. The lowest BCUT2D eigenvalue weighted by molar-refractivity contribution is 0.0969. The molecule has 0 amide bonds. The largest absolute Gasteiger partial charge is 0.309 e. The van der Waals surface area contributed by atoms with Crippen LogP contribution < -0.4 is 5.32 Å². The zero-order valence-electron chi connectivity index (χ0n) is 22.4. The Morgan fingerprint density at radius 1 is 0.650 bits per heavy atom. The smallest absolute Gasteiger partial charge is 0.176 e. The van der Waals surface area contributed by atoms with Gasteiger partial charge in [0.25, 0.3) is 0 Å². The Hall–Kier alpha value is -3.96. The molecule has 0 bridgehead atoms. The SMILES string of the molecule is O=C(CC[C@H]1CC[C@H](CNCC(=O)c2ccccc2)C1)c1cc(-c2ccc(F)cc2)cc(-c2ccc(F)cc2)c1. The van der Waals surface area contributed by atoms with Gasteiger partial charge in [-0.3, -0.25) is 9.59 Å². The first kappa shape index (κ1) is 27.6. The van der Waals surface area contributed by atoms with E-state index in [1.807, 2.05) is 48.5 Å². The van der Waals surface area contributed by atoms with Gasteiger partial charge in [0.2, 0.25) is 0 Å². The van der Waals surface area contributed by atoms with Crippen LogP contribution in [0.3, 0.4) is 0 Å². The van der Waals surface area contributed by atoms with Crippen LogP contribution in [-0.2, 0) is 0 Å². The topological polar surface area (TPSA) is 46.2 Å². The maximum atomic E-state index is 13.5. The molecule has 3 nitrogen and oxygen atoms in total. The Kier molecular flexibility index (Phi) is 8.92. The Morgan fingerprint density at radius 3 is 1.82 bits per heavy atom. The fraction of sp³-hybridized carbons (Fsp3) is 0.257. The monoisotopic (exact) mass is 537 g/mol. The molecule has 4 aromatic rings. The summed E-state index contributed by atoms with van der Waals surface area (Å²) in [6.45, 7) is 1.15. The first-order valence-electron chi connectivity index (χ1n) is 13.9. The van der Waals surface area contributed by atoms with Gasteiger partial charge in [-0.05, 0) is 102 Å². The van der Waals surface area contributed by atoms with Crippen molar-refractivity contribution in [1.29, 1.82) is 0 Å². The van der Waals surface area contributed by atoms with Crippen LogP contribution in [0.4, 0.5) is 8.78 Å². The number of Topliss-reactive ketones (excluding diaryl/α,β-unsaturated/α-hetero) is 2. The van der Waals surface area contributed by atoms with Gasteiger partial charge in [0.1, 0.15) is 11.6 Å². The van der Waals surface area contributed by atoms with E-state index in [1.165, 1.54) is 24.3 Å². The van der Waals surface area contributed by atoms with Crippen LogP contribution in [0.15, 0.2) is 97.1 Å². The minimum absolute atomic E-state index is 0.0716. The van der Waals surface area contributed by atoms with E-state index in [1.54, 1.807) is 24.3 Å². The lowest BCUT2D eigenvalue weighted by Crippen LogP contribution is -2.27. The van der Waals surface area contributed by atoms with Crippen molar-refractivity contribution < 1.29 is 18.4 Å². The lowest BCUT2D eigenvalue weighted by atomic mass is 9.92. The lowest BCUT2D eigenvalue weighted by Gasteiger charge is -2.13. The third-order valence-corrected chi connectivity index (χ3v) is 7.85. The van der Waals surface area contributed by atoms with Gasteiger partial charge in [0, 0.05) is 17.5 Å². The Morgan fingerprint density at radius 2 is 1.23 bits per heavy atom. The van der Waals surface area contributed by atoms with Crippen LogP contribution in [0.2, 0.25) is 0 Å². The molecule has 1 fully saturated rings. The van der Waals surface area contributed by atoms with E-state index in [2.05, 4.69) is 5.32 Å². The maximum absolute atomic E-state index is 13.5. The normalized spacial score (nSPS) is 16.6. The second-order valence-corrected chi connectivity index (χ2v) is 10.7. The molecule has 0 aromatic heterocycles. The van der Waals surface area contributed by atoms with Gasteiger partial charge in [0.15, 0.2) is 11.6 Å². The van der Waals surface area contributed by atoms with E-state index in [9.17, 15) is 18.4 Å². The number of ketones is 2. The molecule has 5 heteroatoms. The van der Waals surface area contributed by atoms with Crippen molar-refractivity contribution in [2.75, 3.05) is 13.1 Å². The summed E-state index contributed by atoms with van der Waals surface area (Å²) in [6, 6.07) is 27.5. The molecule has 1 aliphatic carbocycles.